The Morgan fingerprint density at radius 2 is 1.78 bits per heavy atom. The number of carbonyl (C=O) groups is 2. The van der Waals surface area contributed by atoms with Gasteiger partial charge in [0.2, 0.25) is 0 Å². The number of amides is 2. The predicted octanol–water partition coefficient (Wildman–Crippen LogP) is 1.31. The molecule has 7 nitrogen and oxygen atoms in total. The quantitative estimate of drug-likeness (QED) is 0.806. The summed E-state index contributed by atoms with van der Waals surface area (Å²) >= 11 is 0. The lowest BCUT2D eigenvalue weighted by molar-refractivity contribution is 0.0356. The summed E-state index contributed by atoms with van der Waals surface area (Å²) in [6, 6.07) is 6.30. The summed E-state index contributed by atoms with van der Waals surface area (Å²) in [5.41, 5.74) is 0.894. The molecule has 1 unspecified atom stereocenters. The van der Waals surface area contributed by atoms with Crippen LogP contribution in [0.15, 0.2) is 24.3 Å². The van der Waals surface area contributed by atoms with Gasteiger partial charge < -0.3 is 15.4 Å². The summed E-state index contributed by atoms with van der Waals surface area (Å²) in [5.74, 6) is -0.607. The van der Waals surface area contributed by atoms with Gasteiger partial charge in [0.25, 0.3) is 0 Å². The Balaban J connectivity index is 1.53. The van der Waals surface area contributed by atoms with Crippen molar-refractivity contribution in [3.05, 3.63) is 29.8 Å². The van der Waals surface area contributed by atoms with Gasteiger partial charge in [-0.25, -0.2) is 18.0 Å². The highest BCUT2D eigenvalue weighted by atomic mass is 32.2. The van der Waals surface area contributed by atoms with Gasteiger partial charge in [0.15, 0.2) is 9.84 Å². The first-order valence-electron chi connectivity index (χ1n) is 7.50. The van der Waals surface area contributed by atoms with Crippen LogP contribution in [0, 0.1) is 0 Å². The molecule has 124 valence electrons. The monoisotopic (exact) mass is 338 g/mol. The highest BCUT2D eigenvalue weighted by molar-refractivity contribution is 7.91. The van der Waals surface area contributed by atoms with E-state index in [-0.39, 0.29) is 23.6 Å². The summed E-state index contributed by atoms with van der Waals surface area (Å²) < 4.78 is 27.9. The molecule has 3 rings (SSSR count). The number of hydrogen-bond acceptors (Lipinski definition) is 5. The number of ether oxygens (including phenoxy) is 1. The summed E-state index contributed by atoms with van der Waals surface area (Å²) in [5, 5.41) is 5.48. The molecule has 1 heterocycles. The van der Waals surface area contributed by atoms with Crippen molar-refractivity contribution >= 4 is 27.5 Å². The first-order chi connectivity index (χ1) is 10.9. The van der Waals surface area contributed by atoms with Crippen molar-refractivity contribution in [1.29, 1.82) is 0 Å². The number of anilines is 1. The molecule has 0 aromatic heterocycles. The Morgan fingerprint density at radius 1 is 1.09 bits per heavy atom. The molecule has 8 heteroatoms. The lowest BCUT2D eigenvalue weighted by atomic mass is 10.2. The van der Waals surface area contributed by atoms with Crippen LogP contribution in [-0.4, -0.2) is 44.1 Å². The Morgan fingerprint density at radius 3 is 2.35 bits per heavy atom. The zero-order valence-corrected chi connectivity index (χ0v) is 13.3. The van der Waals surface area contributed by atoms with Crippen molar-refractivity contribution in [2.45, 2.75) is 31.4 Å². The molecule has 23 heavy (non-hydrogen) atoms. The number of nitrogens with one attached hydrogen (secondary N) is 2. The molecule has 1 aromatic carbocycles. The first kappa shape index (κ1) is 15.8. The third kappa shape index (κ3) is 4.44. The molecule has 1 atom stereocenters. The number of sulfone groups is 1. The van der Waals surface area contributed by atoms with E-state index in [4.69, 9.17) is 4.74 Å². The summed E-state index contributed by atoms with van der Waals surface area (Å²) in [4.78, 5) is 23.6. The molecule has 1 aliphatic heterocycles. The van der Waals surface area contributed by atoms with Crippen LogP contribution in [0.25, 0.3) is 0 Å². The smallest absolute Gasteiger partial charge is 0.338 e. The van der Waals surface area contributed by atoms with E-state index in [1.54, 1.807) is 24.3 Å². The molecular weight excluding hydrogens is 320 g/mol. The second-order valence-electron chi connectivity index (χ2n) is 5.88. The SMILES string of the molecule is O=C(Nc1ccc(C(=O)OC2CCS(=O)(=O)C2)cc1)NC1CC1. The molecule has 2 amide bonds. The van der Waals surface area contributed by atoms with Crippen molar-refractivity contribution in [3.8, 4) is 0 Å². The normalized spacial score (nSPS) is 22.3. The first-order valence-corrected chi connectivity index (χ1v) is 9.32. The van der Waals surface area contributed by atoms with Gasteiger partial charge in [-0.1, -0.05) is 0 Å². The minimum atomic E-state index is -3.08. The third-order valence-corrected chi connectivity index (χ3v) is 5.49. The average molecular weight is 338 g/mol. The van der Waals surface area contributed by atoms with E-state index in [0.717, 1.165) is 12.8 Å². The molecule has 2 fully saturated rings. The lowest BCUT2D eigenvalue weighted by Gasteiger charge is -2.11. The molecule has 2 N–H and O–H groups in total. The van der Waals surface area contributed by atoms with E-state index < -0.39 is 21.9 Å². The Bertz CT molecular complexity index is 710. The molecule has 1 saturated heterocycles. The largest absolute Gasteiger partial charge is 0.458 e. The van der Waals surface area contributed by atoms with Gasteiger partial charge in [0.05, 0.1) is 17.1 Å². The molecule has 0 radical (unpaired) electrons. The number of rotatable bonds is 4. The molecular formula is C15H18N2O5S. The van der Waals surface area contributed by atoms with Crippen LogP contribution in [0.4, 0.5) is 10.5 Å². The van der Waals surface area contributed by atoms with E-state index in [0.29, 0.717) is 17.7 Å². The van der Waals surface area contributed by atoms with Crippen LogP contribution in [0.5, 0.6) is 0 Å². The standard InChI is InChI=1S/C15H18N2O5S/c18-14(22-13-7-8-23(20,21)9-13)10-1-3-11(4-2-10)16-15(19)17-12-5-6-12/h1-4,12-13H,5-9H2,(H2,16,17,19). The van der Waals surface area contributed by atoms with Crippen LogP contribution in [0.2, 0.25) is 0 Å². The number of carbonyl (C=O) groups excluding carboxylic acids is 2. The second-order valence-corrected chi connectivity index (χ2v) is 8.11. The van der Waals surface area contributed by atoms with Crippen LogP contribution in [0.3, 0.4) is 0 Å². The van der Waals surface area contributed by atoms with E-state index in [1.165, 1.54) is 0 Å². The maximum absolute atomic E-state index is 12.0. The fourth-order valence-corrected chi connectivity index (χ4v) is 3.93. The van der Waals surface area contributed by atoms with Crippen molar-refractivity contribution in [3.63, 3.8) is 0 Å². The molecule has 1 aliphatic carbocycles. The molecule has 2 aliphatic rings. The second kappa shape index (κ2) is 6.19. The van der Waals surface area contributed by atoms with Crippen LogP contribution in [-0.2, 0) is 14.6 Å². The molecule has 1 saturated carbocycles. The topological polar surface area (TPSA) is 102 Å². The van der Waals surface area contributed by atoms with Gasteiger partial charge in [-0.3, -0.25) is 0 Å². The fraction of sp³-hybridized carbons (Fsp3) is 0.467. The minimum Gasteiger partial charge on any atom is -0.458 e. The molecule has 0 spiro atoms. The predicted molar refractivity (Wildman–Crippen MR) is 84.1 cm³/mol. The fourth-order valence-electron chi connectivity index (χ4n) is 2.34. The molecule has 0 bridgehead atoms. The van der Waals surface area contributed by atoms with Crippen LogP contribution in [0.1, 0.15) is 29.6 Å². The number of urea groups is 1. The van der Waals surface area contributed by atoms with Gasteiger partial charge >= 0.3 is 12.0 Å². The lowest BCUT2D eigenvalue weighted by Crippen LogP contribution is -2.30. The van der Waals surface area contributed by atoms with Gasteiger partial charge in [-0.15, -0.1) is 0 Å². The molecule has 1 aromatic rings. The minimum absolute atomic E-state index is 0.0594. The van der Waals surface area contributed by atoms with Crippen molar-refractivity contribution in [2.75, 3.05) is 16.8 Å². The summed E-state index contributed by atoms with van der Waals surface area (Å²) in [7, 11) is -3.08. The van der Waals surface area contributed by atoms with Gasteiger partial charge in [-0.2, -0.15) is 0 Å². The van der Waals surface area contributed by atoms with Gasteiger partial charge in [0, 0.05) is 11.7 Å². The van der Waals surface area contributed by atoms with E-state index in [9.17, 15) is 18.0 Å². The van der Waals surface area contributed by atoms with E-state index in [2.05, 4.69) is 10.6 Å². The Kier molecular flexibility index (Phi) is 4.25. The maximum atomic E-state index is 12.0. The van der Waals surface area contributed by atoms with Gasteiger partial charge in [-0.05, 0) is 43.5 Å². The van der Waals surface area contributed by atoms with E-state index in [1.807, 2.05) is 0 Å². The highest BCUT2D eigenvalue weighted by Crippen LogP contribution is 2.19. The van der Waals surface area contributed by atoms with Crippen LogP contribution >= 0.6 is 0 Å². The van der Waals surface area contributed by atoms with Crippen molar-refractivity contribution in [1.82, 2.24) is 5.32 Å². The zero-order chi connectivity index (χ0) is 16.4. The average Bonchev–Trinajstić information content (AvgIpc) is 3.22. The van der Waals surface area contributed by atoms with Crippen molar-refractivity contribution < 1.29 is 22.7 Å². The van der Waals surface area contributed by atoms with Crippen LogP contribution < -0.4 is 10.6 Å². The number of hydrogen-bond donors (Lipinski definition) is 2. The van der Waals surface area contributed by atoms with Gasteiger partial charge in [0.1, 0.15) is 6.10 Å². The summed E-state index contributed by atoms with van der Waals surface area (Å²) in [6.07, 6.45) is 1.79. The van der Waals surface area contributed by atoms with E-state index >= 15 is 0 Å². The highest BCUT2D eigenvalue weighted by Gasteiger charge is 2.31. The number of esters is 1. The Hall–Kier alpha value is -2.09. The summed E-state index contributed by atoms with van der Waals surface area (Å²) in [6.45, 7) is 0. The maximum Gasteiger partial charge on any atom is 0.338 e. The zero-order valence-electron chi connectivity index (χ0n) is 12.4. The Labute approximate surface area is 134 Å². The third-order valence-electron chi connectivity index (χ3n) is 3.76. The number of benzene rings is 1. The van der Waals surface area contributed by atoms with Crippen molar-refractivity contribution in [2.24, 2.45) is 0 Å².